The Balaban J connectivity index is 2.97. The number of aliphatic hydroxyl groups excluding tert-OH is 1. The second-order valence-corrected chi connectivity index (χ2v) is 4.35. The summed E-state index contributed by atoms with van der Waals surface area (Å²) in [6.07, 6.45) is 0.343. The quantitative estimate of drug-likeness (QED) is 0.812. The van der Waals surface area contributed by atoms with E-state index in [1.807, 2.05) is 6.92 Å². The number of nitrogens with zero attached hydrogens (tertiary/aromatic N) is 1. The van der Waals surface area contributed by atoms with E-state index in [1.54, 1.807) is 7.11 Å². The van der Waals surface area contributed by atoms with Crippen LogP contribution < -0.4 is 0 Å². The number of halogens is 1. The van der Waals surface area contributed by atoms with E-state index in [0.29, 0.717) is 31.7 Å². The summed E-state index contributed by atoms with van der Waals surface area (Å²) in [5.41, 5.74) is 0.555. The molecule has 1 rings (SSSR count). The van der Waals surface area contributed by atoms with Gasteiger partial charge in [0.1, 0.15) is 5.82 Å². The van der Waals surface area contributed by atoms with E-state index in [9.17, 15) is 9.18 Å². The zero-order valence-corrected chi connectivity index (χ0v) is 12.4. The van der Waals surface area contributed by atoms with E-state index in [2.05, 4.69) is 11.8 Å². The van der Waals surface area contributed by atoms with E-state index in [-0.39, 0.29) is 18.1 Å². The van der Waals surface area contributed by atoms with Gasteiger partial charge in [-0.15, -0.1) is 0 Å². The van der Waals surface area contributed by atoms with Crippen LogP contribution in [-0.2, 0) is 4.74 Å². The molecule has 21 heavy (non-hydrogen) atoms. The van der Waals surface area contributed by atoms with Gasteiger partial charge in [-0.1, -0.05) is 11.8 Å². The first-order valence-corrected chi connectivity index (χ1v) is 6.81. The lowest BCUT2D eigenvalue weighted by atomic mass is 10.1. The van der Waals surface area contributed by atoms with E-state index < -0.39 is 5.82 Å². The molecule has 0 unspecified atom stereocenters. The molecule has 0 atom stereocenters. The fraction of sp³-hybridized carbons (Fsp3) is 0.438. The van der Waals surface area contributed by atoms with Gasteiger partial charge in [0.05, 0.1) is 18.8 Å². The van der Waals surface area contributed by atoms with E-state index in [1.165, 1.54) is 23.1 Å². The second-order valence-electron chi connectivity index (χ2n) is 4.35. The number of carbonyl (C=O) groups excluding carboxylic acids is 1. The molecule has 0 bridgehead atoms. The van der Waals surface area contributed by atoms with Gasteiger partial charge in [-0.25, -0.2) is 4.39 Å². The van der Waals surface area contributed by atoms with Crippen molar-refractivity contribution in [1.29, 1.82) is 0 Å². The van der Waals surface area contributed by atoms with Crippen LogP contribution >= 0.6 is 0 Å². The molecule has 1 aromatic carbocycles. The minimum absolute atomic E-state index is 0.00347. The fourth-order valence-corrected chi connectivity index (χ4v) is 1.76. The summed E-state index contributed by atoms with van der Waals surface area (Å²) in [7, 11) is 1.55. The maximum Gasteiger partial charge on any atom is 0.256 e. The SMILES string of the molecule is CCN(CCOC)C(=O)c1cc(C#CCCO)ccc1F. The number of likely N-dealkylation sites (N-methyl/N-ethyl adjacent to an activating group) is 1. The van der Waals surface area contributed by atoms with Gasteiger partial charge < -0.3 is 14.7 Å². The number of aliphatic hydroxyl groups is 1. The molecule has 1 aromatic rings. The van der Waals surface area contributed by atoms with Gasteiger partial charge in [0, 0.05) is 32.2 Å². The molecule has 5 heteroatoms. The standard InChI is InChI=1S/C16H20FNO3/c1-3-18(9-11-21-2)16(20)14-12-13(6-4-5-10-19)7-8-15(14)17/h7-8,12,19H,3,5,9-11H2,1-2H3. The molecule has 114 valence electrons. The summed E-state index contributed by atoms with van der Waals surface area (Å²) in [5, 5.41) is 8.68. The Bertz CT molecular complexity index is 534. The summed E-state index contributed by atoms with van der Waals surface area (Å²) in [6, 6.07) is 4.19. The van der Waals surface area contributed by atoms with Crippen molar-refractivity contribution >= 4 is 5.91 Å². The molecule has 0 aliphatic heterocycles. The first-order valence-electron chi connectivity index (χ1n) is 6.81. The lowest BCUT2D eigenvalue weighted by molar-refractivity contribution is 0.0702. The number of rotatable bonds is 6. The Hall–Kier alpha value is -1.90. The van der Waals surface area contributed by atoms with Crippen LogP contribution in [0, 0.1) is 17.7 Å². The molecule has 0 aliphatic carbocycles. The van der Waals surface area contributed by atoms with Crippen molar-refractivity contribution in [3.63, 3.8) is 0 Å². The van der Waals surface area contributed by atoms with Crippen LogP contribution in [0.4, 0.5) is 4.39 Å². The Morgan fingerprint density at radius 2 is 2.24 bits per heavy atom. The average Bonchev–Trinajstić information content (AvgIpc) is 2.49. The summed E-state index contributed by atoms with van der Waals surface area (Å²) in [4.78, 5) is 13.8. The Morgan fingerprint density at radius 1 is 1.48 bits per heavy atom. The molecule has 0 spiro atoms. The third-order valence-electron chi connectivity index (χ3n) is 2.90. The molecule has 0 saturated carbocycles. The van der Waals surface area contributed by atoms with Crippen LogP contribution in [0.2, 0.25) is 0 Å². The molecule has 0 fully saturated rings. The summed E-state index contributed by atoms with van der Waals surface area (Å²) < 4.78 is 18.8. The third-order valence-corrected chi connectivity index (χ3v) is 2.90. The molecular formula is C16H20FNO3. The highest BCUT2D eigenvalue weighted by Gasteiger charge is 2.18. The molecular weight excluding hydrogens is 273 g/mol. The molecule has 4 nitrogen and oxygen atoms in total. The fourth-order valence-electron chi connectivity index (χ4n) is 1.76. The largest absolute Gasteiger partial charge is 0.395 e. The number of amides is 1. The summed E-state index contributed by atoms with van der Waals surface area (Å²) >= 11 is 0. The van der Waals surface area contributed by atoms with Crippen LogP contribution in [0.1, 0.15) is 29.3 Å². The van der Waals surface area contributed by atoms with Gasteiger partial charge in [0.2, 0.25) is 0 Å². The van der Waals surface area contributed by atoms with Gasteiger partial charge in [-0.2, -0.15) is 0 Å². The smallest absolute Gasteiger partial charge is 0.256 e. The zero-order valence-electron chi connectivity index (χ0n) is 12.4. The molecule has 0 radical (unpaired) electrons. The van der Waals surface area contributed by atoms with Crippen molar-refractivity contribution in [2.75, 3.05) is 33.4 Å². The normalized spacial score (nSPS) is 9.90. The zero-order chi connectivity index (χ0) is 15.7. The van der Waals surface area contributed by atoms with Gasteiger partial charge in [0.25, 0.3) is 5.91 Å². The average molecular weight is 293 g/mol. The summed E-state index contributed by atoms with van der Waals surface area (Å²) in [5.74, 6) is 4.60. The maximum atomic E-state index is 13.9. The van der Waals surface area contributed by atoms with Crippen molar-refractivity contribution < 1.29 is 19.0 Å². The van der Waals surface area contributed by atoms with Crippen LogP contribution in [-0.4, -0.2) is 49.3 Å². The van der Waals surface area contributed by atoms with Crippen LogP contribution in [0.3, 0.4) is 0 Å². The Morgan fingerprint density at radius 3 is 2.86 bits per heavy atom. The minimum Gasteiger partial charge on any atom is -0.395 e. The first-order chi connectivity index (χ1) is 10.1. The lowest BCUT2D eigenvalue weighted by Crippen LogP contribution is -2.34. The van der Waals surface area contributed by atoms with E-state index in [0.717, 1.165) is 0 Å². The molecule has 0 heterocycles. The third kappa shape index (κ3) is 5.18. The number of hydrogen-bond acceptors (Lipinski definition) is 3. The van der Waals surface area contributed by atoms with Crippen LogP contribution in [0.25, 0.3) is 0 Å². The highest BCUT2D eigenvalue weighted by Crippen LogP contribution is 2.13. The lowest BCUT2D eigenvalue weighted by Gasteiger charge is -2.20. The monoisotopic (exact) mass is 293 g/mol. The molecule has 0 saturated heterocycles. The number of benzene rings is 1. The molecule has 1 amide bonds. The van der Waals surface area contributed by atoms with E-state index >= 15 is 0 Å². The van der Waals surface area contributed by atoms with Crippen LogP contribution in [0.15, 0.2) is 18.2 Å². The Labute approximate surface area is 124 Å². The van der Waals surface area contributed by atoms with Crippen molar-refractivity contribution in [2.24, 2.45) is 0 Å². The van der Waals surface area contributed by atoms with Crippen molar-refractivity contribution in [1.82, 2.24) is 4.90 Å². The van der Waals surface area contributed by atoms with Gasteiger partial charge in [-0.3, -0.25) is 4.79 Å². The molecule has 1 N–H and O–H groups in total. The van der Waals surface area contributed by atoms with Gasteiger partial charge >= 0.3 is 0 Å². The van der Waals surface area contributed by atoms with E-state index in [4.69, 9.17) is 9.84 Å². The number of methoxy groups -OCH3 is 1. The minimum atomic E-state index is -0.566. The maximum absolute atomic E-state index is 13.9. The van der Waals surface area contributed by atoms with Crippen molar-refractivity contribution in [3.8, 4) is 11.8 Å². The predicted molar refractivity (Wildman–Crippen MR) is 78.4 cm³/mol. The van der Waals surface area contributed by atoms with Gasteiger partial charge in [-0.05, 0) is 25.1 Å². The molecule has 0 aliphatic rings. The molecule has 0 aromatic heterocycles. The second kappa shape index (κ2) is 9.11. The van der Waals surface area contributed by atoms with Gasteiger partial charge in [0.15, 0.2) is 0 Å². The Kier molecular flexibility index (Phi) is 7.44. The number of hydrogen-bond donors (Lipinski definition) is 1. The number of ether oxygens (including phenoxy) is 1. The predicted octanol–water partition coefficient (Wildman–Crippen LogP) is 1.67. The highest BCUT2D eigenvalue weighted by molar-refractivity contribution is 5.94. The topological polar surface area (TPSA) is 49.8 Å². The summed E-state index contributed by atoms with van der Waals surface area (Å²) in [6.45, 7) is 3.09. The van der Waals surface area contributed by atoms with Crippen molar-refractivity contribution in [3.05, 3.63) is 35.1 Å². The number of carbonyl (C=O) groups is 1. The highest BCUT2D eigenvalue weighted by atomic mass is 19.1. The van der Waals surface area contributed by atoms with Crippen LogP contribution in [0.5, 0.6) is 0 Å². The first kappa shape index (κ1) is 17.2. The van der Waals surface area contributed by atoms with Crippen molar-refractivity contribution in [2.45, 2.75) is 13.3 Å².